The van der Waals surface area contributed by atoms with Crippen molar-refractivity contribution in [2.45, 2.75) is 6.04 Å². The summed E-state index contributed by atoms with van der Waals surface area (Å²) in [5, 5.41) is 2.87. The molecule has 0 aromatic heterocycles. The largest absolute Gasteiger partial charge is 0.496 e. The molecule has 1 aliphatic rings. The summed E-state index contributed by atoms with van der Waals surface area (Å²) in [7, 11) is 1.57. The van der Waals surface area contributed by atoms with Gasteiger partial charge in [0, 0.05) is 5.56 Å². The highest BCUT2D eigenvalue weighted by atomic mass is 79.9. The lowest BCUT2D eigenvalue weighted by Gasteiger charge is -2.26. The van der Waals surface area contributed by atoms with E-state index >= 15 is 0 Å². The van der Waals surface area contributed by atoms with Crippen molar-refractivity contribution < 1.29 is 14.3 Å². The van der Waals surface area contributed by atoms with Gasteiger partial charge in [-0.25, -0.2) is 0 Å². The molecule has 1 aromatic rings. The van der Waals surface area contributed by atoms with Crippen LogP contribution in [-0.2, 0) is 4.74 Å². The van der Waals surface area contributed by atoms with Crippen LogP contribution in [0.15, 0.2) is 22.7 Å². The Bertz CT molecular complexity index is 404. The van der Waals surface area contributed by atoms with Crippen LogP contribution in [0, 0.1) is 0 Å². The number of nitrogens with one attached hydrogen (secondary N) is 1. The van der Waals surface area contributed by atoms with Crippen molar-refractivity contribution in [3.63, 3.8) is 0 Å². The van der Waals surface area contributed by atoms with E-state index < -0.39 is 0 Å². The Morgan fingerprint density at radius 2 is 2.31 bits per heavy atom. The predicted octanol–water partition coefficient (Wildman–Crippen LogP) is 1.59. The summed E-state index contributed by atoms with van der Waals surface area (Å²) in [5.41, 5.74) is 0.590. The molecular formula is C11H12BrNO3. The number of ether oxygens (including phenoxy) is 2. The van der Waals surface area contributed by atoms with Crippen LogP contribution in [0.1, 0.15) is 10.4 Å². The molecule has 0 bridgehead atoms. The van der Waals surface area contributed by atoms with Gasteiger partial charge in [0.25, 0.3) is 5.91 Å². The first-order chi connectivity index (χ1) is 7.70. The molecule has 1 aliphatic heterocycles. The molecule has 1 amide bonds. The van der Waals surface area contributed by atoms with E-state index in [1.165, 1.54) is 0 Å². The maximum absolute atomic E-state index is 11.8. The van der Waals surface area contributed by atoms with E-state index in [1.807, 2.05) is 0 Å². The molecular weight excluding hydrogens is 274 g/mol. The number of hydrogen-bond donors (Lipinski definition) is 1. The fourth-order valence-corrected chi connectivity index (χ4v) is 1.80. The monoisotopic (exact) mass is 285 g/mol. The van der Waals surface area contributed by atoms with Gasteiger partial charge >= 0.3 is 0 Å². The Balaban J connectivity index is 2.09. The number of hydrogen-bond acceptors (Lipinski definition) is 3. The summed E-state index contributed by atoms with van der Waals surface area (Å²) in [6.07, 6.45) is 0. The number of carbonyl (C=O) groups is 1. The van der Waals surface area contributed by atoms with Gasteiger partial charge in [0.1, 0.15) is 5.75 Å². The van der Waals surface area contributed by atoms with Gasteiger partial charge in [-0.1, -0.05) is 0 Å². The summed E-state index contributed by atoms with van der Waals surface area (Å²) in [6.45, 7) is 1.19. The van der Waals surface area contributed by atoms with Crippen LogP contribution in [0.3, 0.4) is 0 Å². The number of amides is 1. The van der Waals surface area contributed by atoms with Crippen LogP contribution >= 0.6 is 15.9 Å². The Kier molecular flexibility index (Phi) is 3.46. The van der Waals surface area contributed by atoms with Crippen molar-refractivity contribution in [2.75, 3.05) is 20.3 Å². The molecule has 16 heavy (non-hydrogen) atoms. The van der Waals surface area contributed by atoms with Gasteiger partial charge < -0.3 is 14.8 Å². The lowest BCUT2D eigenvalue weighted by atomic mass is 10.1. The highest BCUT2D eigenvalue weighted by Crippen LogP contribution is 2.25. The van der Waals surface area contributed by atoms with Gasteiger partial charge in [0.2, 0.25) is 0 Å². The van der Waals surface area contributed by atoms with Crippen molar-refractivity contribution in [1.82, 2.24) is 5.32 Å². The topological polar surface area (TPSA) is 47.6 Å². The molecule has 0 saturated carbocycles. The Morgan fingerprint density at radius 3 is 2.88 bits per heavy atom. The first kappa shape index (κ1) is 11.4. The Morgan fingerprint density at radius 1 is 1.56 bits per heavy atom. The molecule has 0 aliphatic carbocycles. The zero-order valence-corrected chi connectivity index (χ0v) is 10.4. The van der Waals surface area contributed by atoms with Crippen LogP contribution in [0.5, 0.6) is 5.75 Å². The Hall–Kier alpha value is -1.07. The van der Waals surface area contributed by atoms with Crippen molar-refractivity contribution in [3.05, 3.63) is 28.2 Å². The van der Waals surface area contributed by atoms with E-state index in [2.05, 4.69) is 21.2 Å². The van der Waals surface area contributed by atoms with Crippen molar-refractivity contribution in [1.29, 1.82) is 0 Å². The van der Waals surface area contributed by atoms with Gasteiger partial charge in [-0.15, -0.1) is 0 Å². The second kappa shape index (κ2) is 4.84. The average molecular weight is 286 g/mol. The molecule has 1 saturated heterocycles. The van der Waals surface area contributed by atoms with Crippen LogP contribution in [-0.4, -0.2) is 32.3 Å². The first-order valence-corrected chi connectivity index (χ1v) is 5.72. The van der Waals surface area contributed by atoms with Gasteiger partial charge in [0.05, 0.1) is 30.8 Å². The molecule has 1 aromatic carbocycles. The Labute approximate surface area is 102 Å². The number of rotatable bonds is 3. The minimum Gasteiger partial charge on any atom is -0.496 e. The molecule has 86 valence electrons. The van der Waals surface area contributed by atoms with E-state index in [0.29, 0.717) is 24.5 Å². The standard InChI is InChI=1S/C11H12BrNO3/c1-15-10-4-7(2-3-9(10)12)11(14)13-8-5-16-6-8/h2-4,8H,5-6H2,1H3,(H,13,14). The summed E-state index contributed by atoms with van der Waals surface area (Å²) in [4.78, 5) is 11.8. The van der Waals surface area contributed by atoms with Crippen LogP contribution in [0.25, 0.3) is 0 Å². The quantitative estimate of drug-likeness (QED) is 0.918. The van der Waals surface area contributed by atoms with Crippen LogP contribution < -0.4 is 10.1 Å². The van der Waals surface area contributed by atoms with E-state index in [0.717, 1.165) is 4.47 Å². The minimum atomic E-state index is -0.0981. The van der Waals surface area contributed by atoms with E-state index in [9.17, 15) is 4.79 Å². The lowest BCUT2D eigenvalue weighted by molar-refractivity contribution is -0.00346. The smallest absolute Gasteiger partial charge is 0.251 e. The second-order valence-corrected chi connectivity index (χ2v) is 4.41. The van der Waals surface area contributed by atoms with Gasteiger partial charge in [-0.2, -0.15) is 0 Å². The zero-order valence-electron chi connectivity index (χ0n) is 8.83. The van der Waals surface area contributed by atoms with Gasteiger partial charge in [-0.3, -0.25) is 4.79 Å². The van der Waals surface area contributed by atoms with E-state index in [1.54, 1.807) is 25.3 Å². The summed E-state index contributed by atoms with van der Waals surface area (Å²) < 4.78 is 11.0. The first-order valence-electron chi connectivity index (χ1n) is 4.93. The number of halogens is 1. The molecule has 4 nitrogen and oxygen atoms in total. The van der Waals surface area contributed by atoms with Gasteiger partial charge in [-0.05, 0) is 34.1 Å². The predicted molar refractivity (Wildman–Crippen MR) is 62.8 cm³/mol. The number of carbonyl (C=O) groups excluding carboxylic acids is 1. The second-order valence-electron chi connectivity index (χ2n) is 3.56. The lowest BCUT2D eigenvalue weighted by Crippen LogP contribution is -2.48. The maximum Gasteiger partial charge on any atom is 0.251 e. The van der Waals surface area contributed by atoms with Gasteiger partial charge in [0.15, 0.2) is 0 Å². The molecule has 2 rings (SSSR count). The molecule has 1 heterocycles. The summed E-state index contributed by atoms with van der Waals surface area (Å²) >= 11 is 3.34. The highest BCUT2D eigenvalue weighted by molar-refractivity contribution is 9.10. The molecule has 0 atom stereocenters. The summed E-state index contributed by atoms with van der Waals surface area (Å²) in [5.74, 6) is 0.552. The third-order valence-electron chi connectivity index (χ3n) is 2.39. The molecule has 1 fully saturated rings. The molecule has 0 radical (unpaired) electrons. The highest BCUT2D eigenvalue weighted by Gasteiger charge is 2.21. The van der Waals surface area contributed by atoms with Crippen molar-refractivity contribution in [3.8, 4) is 5.75 Å². The van der Waals surface area contributed by atoms with Crippen LogP contribution in [0.2, 0.25) is 0 Å². The zero-order chi connectivity index (χ0) is 11.5. The summed E-state index contributed by atoms with van der Waals surface area (Å²) in [6, 6.07) is 5.40. The fourth-order valence-electron chi connectivity index (χ4n) is 1.39. The van der Waals surface area contributed by atoms with E-state index in [4.69, 9.17) is 9.47 Å². The fraction of sp³-hybridized carbons (Fsp3) is 0.364. The van der Waals surface area contributed by atoms with Crippen molar-refractivity contribution in [2.24, 2.45) is 0 Å². The van der Waals surface area contributed by atoms with E-state index in [-0.39, 0.29) is 11.9 Å². The molecule has 5 heteroatoms. The minimum absolute atomic E-state index is 0.0981. The maximum atomic E-state index is 11.8. The third kappa shape index (κ3) is 2.36. The molecule has 0 unspecified atom stereocenters. The SMILES string of the molecule is COc1cc(C(=O)NC2COC2)ccc1Br. The number of methoxy groups -OCH3 is 1. The van der Waals surface area contributed by atoms with Crippen LogP contribution in [0.4, 0.5) is 0 Å². The average Bonchev–Trinajstić information content (AvgIpc) is 2.24. The third-order valence-corrected chi connectivity index (χ3v) is 3.04. The number of benzene rings is 1. The van der Waals surface area contributed by atoms with Crippen molar-refractivity contribution >= 4 is 21.8 Å². The molecule has 1 N–H and O–H groups in total. The normalized spacial score (nSPS) is 15.4. The molecule has 0 spiro atoms.